The van der Waals surface area contributed by atoms with E-state index in [2.05, 4.69) is 5.16 Å². The lowest BCUT2D eigenvalue weighted by atomic mass is 10.1. The second-order valence-corrected chi connectivity index (χ2v) is 4.07. The summed E-state index contributed by atoms with van der Waals surface area (Å²) >= 11 is 0. The number of hydrogen-bond acceptors (Lipinski definition) is 4. The number of ether oxygens (including phenoxy) is 1. The maximum atomic E-state index is 11.8. The summed E-state index contributed by atoms with van der Waals surface area (Å²) in [5.41, 5.74) is 2.31. The molecule has 0 amide bonds. The Morgan fingerprint density at radius 2 is 1.74 bits per heavy atom. The Labute approximate surface area is 111 Å². The normalized spacial score (nSPS) is 10.6. The Balaban J connectivity index is 2.08. The van der Waals surface area contributed by atoms with Crippen LogP contribution in [0.5, 0.6) is 5.75 Å². The third-order valence-corrected chi connectivity index (χ3v) is 2.58. The zero-order valence-corrected chi connectivity index (χ0v) is 10.4. The molecule has 96 valence electrons. The van der Waals surface area contributed by atoms with E-state index in [1.807, 2.05) is 19.1 Å². The number of aryl methyl sites for hydroxylation is 1. The van der Waals surface area contributed by atoms with E-state index < -0.39 is 5.97 Å². The van der Waals surface area contributed by atoms with Gasteiger partial charge in [-0.3, -0.25) is 0 Å². The summed E-state index contributed by atoms with van der Waals surface area (Å²) in [6, 6.07) is 13.8. The van der Waals surface area contributed by atoms with Crippen LogP contribution in [0, 0.1) is 6.92 Å². The molecule has 0 radical (unpaired) electrons. The summed E-state index contributed by atoms with van der Waals surface area (Å²) in [6.07, 6.45) is 1.30. The van der Waals surface area contributed by atoms with Crippen molar-refractivity contribution in [3.8, 4) is 5.75 Å². The van der Waals surface area contributed by atoms with Gasteiger partial charge in [-0.1, -0.05) is 22.9 Å². The molecule has 4 heteroatoms. The predicted octanol–water partition coefficient (Wildman–Crippen LogP) is 3.02. The molecule has 0 aliphatic rings. The largest absolute Gasteiger partial charge is 0.423 e. The van der Waals surface area contributed by atoms with Gasteiger partial charge in [0.15, 0.2) is 0 Å². The van der Waals surface area contributed by atoms with Gasteiger partial charge in [0.05, 0.1) is 11.8 Å². The second kappa shape index (κ2) is 5.82. The van der Waals surface area contributed by atoms with Crippen molar-refractivity contribution in [2.45, 2.75) is 6.92 Å². The standard InChI is InChI=1S/C15H13NO3/c1-11-2-6-13(7-3-11)15(17)19-14-8-4-12(5-9-14)10-16-18/h2-10,18H,1H3. The predicted molar refractivity (Wildman–Crippen MR) is 72.0 cm³/mol. The Bertz CT molecular complexity index is 586. The third kappa shape index (κ3) is 3.42. The van der Waals surface area contributed by atoms with Crippen molar-refractivity contribution in [3.63, 3.8) is 0 Å². The minimum atomic E-state index is -0.399. The van der Waals surface area contributed by atoms with Crippen LogP contribution in [-0.2, 0) is 0 Å². The summed E-state index contributed by atoms with van der Waals surface area (Å²) in [5, 5.41) is 11.3. The number of rotatable bonds is 3. The molecular weight excluding hydrogens is 242 g/mol. The molecule has 2 rings (SSSR count). The molecule has 0 bridgehead atoms. The van der Waals surface area contributed by atoms with Gasteiger partial charge in [-0.05, 0) is 48.9 Å². The lowest BCUT2D eigenvalue weighted by Gasteiger charge is -2.04. The monoisotopic (exact) mass is 255 g/mol. The number of carbonyl (C=O) groups excluding carboxylic acids is 1. The highest BCUT2D eigenvalue weighted by Crippen LogP contribution is 2.14. The summed E-state index contributed by atoms with van der Waals surface area (Å²) in [4.78, 5) is 11.8. The fraction of sp³-hybridized carbons (Fsp3) is 0.0667. The quantitative estimate of drug-likeness (QED) is 0.301. The highest BCUT2D eigenvalue weighted by Gasteiger charge is 2.07. The van der Waals surface area contributed by atoms with Gasteiger partial charge in [-0.15, -0.1) is 0 Å². The number of esters is 1. The molecule has 1 N–H and O–H groups in total. The van der Waals surface area contributed by atoms with Crippen LogP contribution in [0.25, 0.3) is 0 Å². The highest BCUT2D eigenvalue weighted by molar-refractivity contribution is 5.91. The first kappa shape index (κ1) is 12.8. The Kier molecular flexibility index (Phi) is 3.93. The zero-order chi connectivity index (χ0) is 13.7. The molecule has 0 heterocycles. The van der Waals surface area contributed by atoms with E-state index in [0.29, 0.717) is 11.3 Å². The molecular formula is C15H13NO3. The van der Waals surface area contributed by atoms with Gasteiger partial charge in [0, 0.05) is 0 Å². The first-order valence-electron chi connectivity index (χ1n) is 5.75. The number of nitrogens with zero attached hydrogens (tertiary/aromatic N) is 1. The second-order valence-electron chi connectivity index (χ2n) is 4.07. The summed E-state index contributed by atoms with van der Waals surface area (Å²) in [6.45, 7) is 1.95. The minimum Gasteiger partial charge on any atom is -0.423 e. The Morgan fingerprint density at radius 1 is 1.11 bits per heavy atom. The third-order valence-electron chi connectivity index (χ3n) is 2.58. The van der Waals surface area contributed by atoms with Crippen molar-refractivity contribution in [1.82, 2.24) is 0 Å². The van der Waals surface area contributed by atoms with E-state index in [1.165, 1.54) is 6.21 Å². The molecule has 2 aromatic rings. The smallest absolute Gasteiger partial charge is 0.343 e. The molecule has 0 aliphatic carbocycles. The molecule has 0 spiro atoms. The van der Waals surface area contributed by atoms with E-state index in [1.54, 1.807) is 36.4 Å². The lowest BCUT2D eigenvalue weighted by molar-refractivity contribution is 0.0735. The highest BCUT2D eigenvalue weighted by atomic mass is 16.5. The van der Waals surface area contributed by atoms with Gasteiger partial charge < -0.3 is 9.94 Å². The number of hydrogen-bond donors (Lipinski definition) is 1. The molecule has 0 fully saturated rings. The maximum absolute atomic E-state index is 11.8. The van der Waals surface area contributed by atoms with Crippen LogP contribution in [0.2, 0.25) is 0 Å². The first-order valence-corrected chi connectivity index (χ1v) is 5.75. The lowest BCUT2D eigenvalue weighted by Crippen LogP contribution is -2.08. The summed E-state index contributed by atoms with van der Waals surface area (Å²) in [5.74, 6) is 0.0456. The van der Waals surface area contributed by atoms with E-state index in [-0.39, 0.29) is 0 Å². The minimum absolute atomic E-state index is 0.399. The molecule has 0 unspecified atom stereocenters. The summed E-state index contributed by atoms with van der Waals surface area (Å²) < 4.78 is 5.23. The van der Waals surface area contributed by atoms with Crippen LogP contribution in [0.15, 0.2) is 53.7 Å². The van der Waals surface area contributed by atoms with Gasteiger partial charge in [-0.2, -0.15) is 0 Å². The Morgan fingerprint density at radius 3 is 2.32 bits per heavy atom. The molecule has 0 atom stereocenters. The fourth-order valence-corrected chi connectivity index (χ4v) is 1.54. The summed E-state index contributed by atoms with van der Waals surface area (Å²) in [7, 11) is 0. The number of carbonyl (C=O) groups is 1. The van der Waals surface area contributed by atoms with Gasteiger partial charge in [-0.25, -0.2) is 4.79 Å². The van der Waals surface area contributed by atoms with Crippen LogP contribution in [0.3, 0.4) is 0 Å². The van der Waals surface area contributed by atoms with E-state index in [0.717, 1.165) is 11.1 Å². The van der Waals surface area contributed by atoms with Crippen LogP contribution in [-0.4, -0.2) is 17.4 Å². The molecule has 19 heavy (non-hydrogen) atoms. The van der Waals surface area contributed by atoms with Gasteiger partial charge >= 0.3 is 5.97 Å². The van der Waals surface area contributed by atoms with Gasteiger partial charge in [0.2, 0.25) is 0 Å². The molecule has 0 saturated carbocycles. The van der Waals surface area contributed by atoms with Crippen LogP contribution < -0.4 is 4.74 Å². The van der Waals surface area contributed by atoms with Crippen molar-refractivity contribution in [3.05, 3.63) is 65.2 Å². The number of benzene rings is 2. The average Bonchev–Trinajstić information content (AvgIpc) is 2.42. The van der Waals surface area contributed by atoms with E-state index >= 15 is 0 Å². The fourth-order valence-electron chi connectivity index (χ4n) is 1.54. The maximum Gasteiger partial charge on any atom is 0.343 e. The van der Waals surface area contributed by atoms with Crippen molar-refractivity contribution in [1.29, 1.82) is 0 Å². The van der Waals surface area contributed by atoms with E-state index in [9.17, 15) is 4.79 Å². The van der Waals surface area contributed by atoms with Crippen molar-refractivity contribution >= 4 is 12.2 Å². The average molecular weight is 255 g/mol. The topological polar surface area (TPSA) is 58.9 Å². The van der Waals surface area contributed by atoms with Crippen molar-refractivity contribution in [2.75, 3.05) is 0 Å². The van der Waals surface area contributed by atoms with E-state index in [4.69, 9.17) is 9.94 Å². The molecule has 0 saturated heterocycles. The molecule has 0 aliphatic heterocycles. The zero-order valence-electron chi connectivity index (χ0n) is 10.4. The van der Waals surface area contributed by atoms with Crippen LogP contribution in [0.1, 0.15) is 21.5 Å². The molecule has 4 nitrogen and oxygen atoms in total. The first-order chi connectivity index (χ1) is 9.19. The SMILES string of the molecule is Cc1ccc(C(=O)Oc2ccc(C=NO)cc2)cc1. The van der Waals surface area contributed by atoms with Crippen LogP contribution >= 0.6 is 0 Å². The molecule has 2 aromatic carbocycles. The van der Waals surface area contributed by atoms with Crippen LogP contribution in [0.4, 0.5) is 0 Å². The number of oxime groups is 1. The van der Waals surface area contributed by atoms with Crippen molar-refractivity contribution < 1.29 is 14.7 Å². The van der Waals surface area contributed by atoms with Gasteiger partial charge in [0.1, 0.15) is 5.75 Å². The van der Waals surface area contributed by atoms with Crippen molar-refractivity contribution in [2.24, 2.45) is 5.16 Å². The van der Waals surface area contributed by atoms with Gasteiger partial charge in [0.25, 0.3) is 0 Å². The Hall–Kier alpha value is -2.62. The molecule has 0 aromatic heterocycles.